The van der Waals surface area contributed by atoms with E-state index in [4.69, 9.17) is 10.7 Å². The summed E-state index contributed by atoms with van der Waals surface area (Å²) in [5.74, 6) is 0.885. The van der Waals surface area contributed by atoms with Crippen LogP contribution >= 0.6 is 0 Å². The van der Waals surface area contributed by atoms with Gasteiger partial charge in [-0.05, 0) is 50.3 Å². The largest absolute Gasteiger partial charge is 0.341 e. The summed E-state index contributed by atoms with van der Waals surface area (Å²) in [5, 5.41) is 5.44. The molecule has 3 heterocycles. The van der Waals surface area contributed by atoms with Crippen molar-refractivity contribution in [2.24, 2.45) is 5.73 Å². The average Bonchev–Trinajstić information content (AvgIpc) is 3.04. The van der Waals surface area contributed by atoms with Crippen molar-refractivity contribution in [2.75, 3.05) is 18.0 Å². The Morgan fingerprint density at radius 1 is 1.17 bits per heavy atom. The SMILES string of the molecule is Cc1cc(C(C)N)c2nc(N3CCCCC3)n3ncnc3c2c1. The molecule has 0 saturated carbocycles. The molecule has 1 aromatic carbocycles. The number of aromatic nitrogens is 4. The molecule has 2 N–H and O–H groups in total. The Hall–Kier alpha value is -2.21. The van der Waals surface area contributed by atoms with Crippen molar-refractivity contribution >= 4 is 22.5 Å². The fraction of sp³-hybridized carbons (Fsp3) is 0.471. The van der Waals surface area contributed by atoms with Crippen molar-refractivity contribution < 1.29 is 0 Å². The van der Waals surface area contributed by atoms with E-state index in [2.05, 4.69) is 34.0 Å². The van der Waals surface area contributed by atoms with Crippen LogP contribution in [-0.4, -0.2) is 32.7 Å². The molecule has 3 aromatic rings. The lowest BCUT2D eigenvalue weighted by Gasteiger charge is -2.28. The summed E-state index contributed by atoms with van der Waals surface area (Å²) in [6.45, 7) is 6.13. The third-order valence-electron chi connectivity index (χ3n) is 4.60. The number of hydrogen-bond acceptors (Lipinski definition) is 5. The zero-order chi connectivity index (χ0) is 16.0. The molecule has 1 atom stereocenters. The number of fused-ring (bicyclic) bond motifs is 3. The Morgan fingerprint density at radius 2 is 1.96 bits per heavy atom. The van der Waals surface area contributed by atoms with Gasteiger partial charge in [0.2, 0.25) is 5.95 Å². The summed E-state index contributed by atoms with van der Waals surface area (Å²) < 4.78 is 1.87. The molecule has 1 fully saturated rings. The van der Waals surface area contributed by atoms with Gasteiger partial charge in [0.1, 0.15) is 6.33 Å². The second-order valence-electron chi connectivity index (χ2n) is 6.49. The molecule has 1 aliphatic rings. The normalized spacial score (nSPS) is 17.1. The lowest BCUT2D eigenvalue weighted by Crippen LogP contribution is -2.32. The topological polar surface area (TPSA) is 72.3 Å². The van der Waals surface area contributed by atoms with Crippen LogP contribution in [0.3, 0.4) is 0 Å². The maximum absolute atomic E-state index is 6.20. The number of nitrogens with zero attached hydrogens (tertiary/aromatic N) is 5. The number of hydrogen-bond donors (Lipinski definition) is 1. The van der Waals surface area contributed by atoms with Gasteiger partial charge in [-0.2, -0.15) is 9.61 Å². The quantitative estimate of drug-likeness (QED) is 0.787. The van der Waals surface area contributed by atoms with Gasteiger partial charge >= 0.3 is 0 Å². The average molecular weight is 310 g/mol. The lowest BCUT2D eigenvalue weighted by atomic mass is 10.0. The molecular formula is C17H22N6. The van der Waals surface area contributed by atoms with Crippen molar-refractivity contribution in [1.82, 2.24) is 19.6 Å². The van der Waals surface area contributed by atoms with Gasteiger partial charge in [0.25, 0.3) is 0 Å². The molecule has 23 heavy (non-hydrogen) atoms. The number of nitrogens with two attached hydrogens (primary N) is 1. The minimum Gasteiger partial charge on any atom is -0.341 e. The fourth-order valence-electron chi connectivity index (χ4n) is 3.47. The standard InChI is InChI=1S/C17H22N6/c1-11-8-13(12(2)18)15-14(9-11)16-19-10-20-23(16)17(21-15)22-6-4-3-5-7-22/h8-10,12H,3-7,18H2,1-2H3. The Bertz CT molecular complexity index is 860. The van der Waals surface area contributed by atoms with Gasteiger partial charge in [-0.1, -0.05) is 6.07 Å². The summed E-state index contributed by atoms with van der Waals surface area (Å²) in [7, 11) is 0. The Balaban J connectivity index is 2.04. The number of rotatable bonds is 2. The van der Waals surface area contributed by atoms with Crippen LogP contribution in [0.25, 0.3) is 16.6 Å². The Labute approximate surface area is 135 Å². The van der Waals surface area contributed by atoms with E-state index in [9.17, 15) is 0 Å². The Kier molecular flexibility index (Phi) is 3.41. The van der Waals surface area contributed by atoms with Crippen molar-refractivity contribution in [3.05, 3.63) is 29.6 Å². The van der Waals surface area contributed by atoms with E-state index in [0.29, 0.717) is 0 Å². The first-order chi connectivity index (χ1) is 11.1. The zero-order valence-corrected chi connectivity index (χ0v) is 13.7. The minimum atomic E-state index is -0.0653. The summed E-state index contributed by atoms with van der Waals surface area (Å²) in [6.07, 6.45) is 5.29. The molecule has 0 amide bonds. The van der Waals surface area contributed by atoms with Crippen molar-refractivity contribution in [1.29, 1.82) is 0 Å². The number of piperidine rings is 1. The summed E-state index contributed by atoms with van der Waals surface area (Å²) in [5.41, 5.74) is 10.3. The highest BCUT2D eigenvalue weighted by Crippen LogP contribution is 2.29. The summed E-state index contributed by atoms with van der Waals surface area (Å²) in [4.78, 5) is 11.8. The third kappa shape index (κ3) is 2.34. The van der Waals surface area contributed by atoms with Crippen LogP contribution in [0.1, 0.15) is 43.4 Å². The monoisotopic (exact) mass is 310 g/mol. The molecule has 4 rings (SSSR count). The van der Waals surface area contributed by atoms with Crippen molar-refractivity contribution in [3.8, 4) is 0 Å². The highest BCUT2D eigenvalue weighted by molar-refractivity contribution is 5.95. The number of benzene rings is 1. The van der Waals surface area contributed by atoms with Crippen LogP contribution in [0.2, 0.25) is 0 Å². The molecular weight excluding hydrogens is 288 g/mol. The van der Waals surface area contributed by atoms with Gasteiger partial charge in [-0.25, -0.2) is 9.97 Å². The van der Waals surface area contributed by atoms with E-state index in [1.54, 1.807) is 6.33 Å². The predicted molar refractivity (Wildman–Crippen MR) is 91.7 cm³/mol. The zero-order valence-electron chi connectivity index (χ0n) is 13.7. The first kappa shape index (κ1) is 14.4. The summed E-state index contributed by atoms with van der Waals surface area (Å²) >= 11 is 0. The number of aryl methyl sites for hydroxylation is 1. The van der Waals surface area contributed by atoms with Crippen molar-refractivity contribution in [3.63, 3.8) is 0 Å². The molecule has 0 bridgehead atoms. The Morgan fingerprint density at radius 3 is 2.70 bits per heavy atom. The highest BCUT2D eigenvalue weighted by Gasteiger charge is 2.20. The molecule has 1 unspecified atom stereocenters. The molecule has 1 aliphatic heterocycles. The minimum absolute atomic E-state index is 0.0653. The van der Waals surface area contributed by atoms with E-state index in [0.717, 1.165) is 41.2 Å². The van der Waals surface area contributed by atoms with E-state index in [1.807, 2.05) is 11.4 Å². The second kappa shape index (κ2) is 5.45. The van der Waals surface area contributed by atoms with Gasteiger partial charge in [0, 0.05) is 24.5 Å². The molecule has 120 valence electrons. The molecule has 6 nitrogen and oxygen atoms in total. The van der Waals surface area contributed by atoms with Gasteiger partial charge < -0.3 is 10.6 Å². The van der Waals surface area contributed by atoms with Crippen LogP contribution in [0.15, 0.2) is 18.5 Å². The van der Waals surface area contributed by atoms with Crippen LogP contribution in [0.4, 0.5) is 5.95 Å². The first-order valence-electron chi connectivity index (χ1n) is 8.29. The maximum atomic E-state index is 6.20. The molecule has 2 aromatic heterocycles. The van der Waals surface area contributed by atoms with Gasteiger partial charge in [-0.15, -0.1) is 0 Å². The van der Waals surface area contributed by atoms with Crippen LogP contribution in [-0.2, 0) is 0 Å². The molecule has 0 spiro atoms. The van der Waals surface area contributed by atoms with E-state index in [-0.39, 0.29) is 6.04 Å². The second-order valence-corrected chi connectivity index (χ2v) is 6.49. The van der Waals surface area contributed by atoms with Gasteiger partial charge in [0.15, 0.2) is 5.65 Å². The smallest absolute Gasteiger partial charge is 0.229 e. The fourth-order valence-corrected chi connectivity index (χ4v) is 3.47. The van der Waals surface area contributed by atoms with E-state index < -0.39 is 0 Å². The highest BCUT2D eigenvalue weighted by atomic mass is 15.4. The lowest BCUT2D eigenvalue weighted by molar-refractivity contribution is 0.563. The molecule has 0 radical (unpaired) electrons. The van der Waals surface area contributed by atoms with Gasteiger partial charge in [0.05, 0.1) is 5.52 Å². The van der Waals surface area contributed by atoms with E-state index >= 15 is 0 Å². The van der Waals surface area contributed by atoms with Crippen LogP contribution in [0, 0.1) is 6.92 Å². The van der Waals surface area contributed by atoms with Crippen LogP contribution in [0.5, 0.6) is 0 Å². The third-order valence-corrected chi connectivity index (χ3v) is 4.60. The van der Waals surface area contributed by atoms with Crippen LogP contribution < -0.4 is 10.6 Å². The molecule has 0 aliphatic carbocycles. The van der Waals surface area contributed by atoms with Crippen molar-refractivity contribution in [2.45, 2.75) is 39.2 Å². The predicted octanol–water partition coefficient (Wildman–Crippen LogP) is 2.60. The molecule has 1 saturated heterocycles. The number of anilines is 1. The maximum Gasteiger partial charge on any atom is 0.229 e. The summed E-state index contributed by atoms with van der Waals surface area (Å²) in [6, 6.07) is 4.19. The van der Waals surface area contributed by atoms with Gasteiger partial charge in [-0.3, -0.25) is 0 Å². The molecule has 6 heteroatoms. The van der Waals surface area contributed by atoms with E-state index in [1.165, 1.54) is 24.8 Å². The first-order valence-corrected chi connectivity index (χ1v) is 8.29.